The van der Waals surface area contributed by atoms with Crippen LogP contribution in [0.2, 0.25) is 0 Å². The number of rotatable bonds is 2. The molecule has 4 heteroatoms. The van der Waals surface area contributed by atoms with Gasteiger partial charge in [0.1, 0.15) is 11.6 Å². The number of morpholine rings is 1. The lowest BCUT2D eigenvalue weighted by Gasteiger charge is -2.36. The third-order valence-corrected chi connectivity index (χ3v) is 4.06. The lowest BCUT2D eigenvalue weighted by Crippen LogP contribution is -2.43. The second-order valence-electron chi connectivity index (χ2n) is 5.29. The molecule has 3 atom stereocenters. The number of phenols is 1. The summed E-state index contributed by atoms with van der Waals surface area (Å²) in [6.07, 6.45) is 2.84. The molecule has 2 fully saturated rings. The van der Waals surface area contributed by atoms with Gasteiger partial charge in [0.15, 0.2) is 0 Å². The summed E-state index contributed by atoms with van der Waals surface area (Å²) in [5.41, 5.74) is 0.663. The van der Waals surface area contributed by atoms with Crippen LogP contribution >= 0.6 is 0 Å². The molecule has 3 rings (SSSR count). The monoisotopic (exact) mass is 251 g/mol. The number of phenolic OH excluding ortho intramolecular Hbond substituents is 1. The first-order chi connectivity index (χ1) is 8.63. The normalized spacial score (nSPS) is 29.4. The lowest BCUT2D eigenvalue weighted by molar-refractivity contribution is -0.0511. The third-order valence-electron chi connectivity index (χ3n) is 4.06. The van der Waals surface area contributed by atoms with Crippen LogP contribution < -0.4 is 0 Å². The first-order valence-corrected chi connectivity index (χ1v) is 6.51. The van der Waals surface area contributed by atoms with Crippen LogP contribution in [0, 0.1) is 5.82 Å². The number of nitrogens with zero attached hydrogens (tertiary/aromatic N) is 1. The zero-order valence-electron chi connectivity index (χ0n) is 10.5. The van der Waals surface area contributed by atoms with Gasteiger partial charge >= 0.3 is 0 Å². The molecule has 0 amide bonds. The summed E-state index contributed by atoms with van der Waals surface area (Å²) in [5, 5.41) is 9.86. The predicted molar refractivity (Wildman–Crippen MR) is 65.9 cm³/mol. The molecule has 2 bridgehead atoms. The SMILES string of the molecule is CC(c1cc(F)ccc1O)N1CC2CCC(C1)O2. The number of halogens is 1. The Balaban J connectivity index is 1.81. The summed E-state index contributed by atoms with van der Waals surface area (Å²) in [6, 6.07) is 4.16. The average Bonchev–Trinajstić information content (AvgIpc) is 2.70. The fraction of sp³-hybridized carbons (Fsp3) is 0.571. The molecule has 2 heterocycles. The molecule has 98 valence electrons. The average molecular weight is 251 g/mol. The molecule has 0 saturated carbocycles. The van der Waals surface area contributed by atoms with E-state index in [9.17, 15) is 9.50 Å². The van der Waals surface area contributed by atoms with Gasteiger partial charge in [0.2, 0.25) is 0 Å². The van der Waals surface area contributed by atoms with Crippen molar-refractivity contribution in [2.75, 3.05) is 13.1 Å². The number of likely N-dealkylation sites (tertiary alicyclic amines) is 1. The molecule has 1 aromatic carbocycles. The highest BCUT2D eigenvalue weighted by atomic mass is 19.1. The van der Waals surface area contributed by atoms with E-state index in [4.69, 9.17) is 4.74 Å². The second-order valence-corrected chi connectivity index (χ2v) is 5.29. The molecule has 0 radical (unpaired) electrons. The summed E-state index contributed by atoms with van der Waals surface area (Å²) < 4.78 is 19.1. The van der Waals surface area contributed by atoms with E-state index in [1.807, 2.05) is 6.92 Å². The van der Waals surface area contributed by atoms with E-state index in [2.05, 4.69) is 4.90 Å². The van der Waals surface area contributed by atoms with Crippen LogP contribution in [0.1, 0.15) is 31.4 Å². The van der Waals surface area contributed by atoms with Crippen molar-refractivity contribution in [1.82, 2.24) is 4.90 Å². The van der Waals surface area contributed by atoms with Crippen LogP contribution in [0.3, 0.4) is 0 Å². The Bertz CT molecular complexity index is 439. The lowest BCUT2D eigenvalue weighted by atomic mass is 10.0. The highest BCUT2D eigenvalue weighted by molar-refractivity contribution is 5.35. The van der Waals surface area contributed by atoms with E-state index in [-0.39, 0.29) is 17.6 Å². The van der Waals surface area contributed by atoms with Gasteiger partial charge in [-0.25, -0.2) is 4.39 Å². The topological polar surface area (TPSA) is 32.7 Å². The number of aromatic hydroxyl groups is 1. The standard InChI is InChI=1S/C14H18FNO2/c1-9(13-6-10(15)2-5-14(13)17)16-7-11-3-4-12(8-16)18-11/h2,5-6,9,11-12,17H,3-4,7-8H2,1H3. The van der Waals surface area contributed by atoms with Gasteiger partial charge in [-0.3, -0.25) is 4.90 Å². The largest absolute Gasteiger partial charge is 0.508 e. The Morgan fingerprint density at radius 2 is 2.00 bits per heavy atom. The van der Waals surface area contributed by atoms with Crippen molar-refractivity contribution >= 4 is 0 Å². The maximum atomic E-state index is 13.3. The van der Waals surface area contributed by atoms with Gasteiger partial charge in [-0.1, -0.05) is 0 Å². The Morgan fingerprint density at radius 3 is 2.67 bits per heavy atom. The second kappa shape index (κ2) is 4.52. The quantitative estimate of drug-likeness (QED) is 0.876. The van der Waals surface area contributed by atoms with Gasteiger partial charge in [-0.05, 0) is 38.0 Å². The van der Waals surface area contributed by atoms with Crippen LogP contribution in [-0.4, -0.2) is 35.3 Å². The summed E-state index contributed by atoms with van der Waals surface area (Å²) >= 11 is 0. The van der Waals surface area contributed by atoms with E-state index in [1.165, 1.54) is 18.2 Å². The highest BCUT2D eigenvalue weighted by Gasteiger charge is 2.36. The van der Waals surface area contributed by atoms with Crippen molar-refractivity contribution in [2.24, 2.45) is 0 Å². The third kappa shape index (κ3) is 2.10. The highest BCUT2D eigenvalue weighted by Crippen LogP contribution is 2.34. The van der Waals surface area contributed by atoms with Crippen molar-refractivity contribution < 1.29 is 14.2 Å². The van der Waals surface area contributed by atoms with Gasteiger partial charge in [-0.15, -0.1) is 0 Å². The molecular weight excluding hydrogens is 233 g/mol. The van der Waals surface area contributed by atoms with E-state index >= 15 is 0 Å². The van der Waals surface area contributed by atoms with Crippen molar-refractivity contribution in [1.29, 1.82) is 0 Å². The maximum absolute atomic E-state index is 13.3. The minimum absolute atomic E-state index is 0.0210. The van der Waals surface area contributed by atoms with Crippen LogP contribution in [-0.2, 0) is 4.74 Å². The molecule has 18 heavy (non-hydrogen) atoms. The molecule has 1 aromatic rings. The maximum Gasteiger partial charge on any atom is 0.123 e. The number of hydrogen-bond donors (Lipinski definition) is 1. The van der Waals surface area contributed by atoms with Gasteiger partial charge < -0.3 is 9.84 Å². The van der Waals surface area contributed by atoms with Crippen molar-refractivity contribution in [2.45, 2.75) is 38.0 Å². The minimum atomic E-state index is -0.300. The van der Waals surface area contributed by atoms with E-state index in [1.54, 1.807) is 0 Å². The van der Waals surface area contributed by atoms with Crippen LogP contribution in [0.4, 0.5) is 4.39 Å². The van der Waals surface area contributed by atoms with Crippen LogP contribution in [0.15, 0.2) is 18.2 Å². The molecule has 1 N–H and O–H groups in total. The predicted octanol–water partition coefficient (Wildman–Crippen LogP) is 2.46. The fourth-order valence-corrected chi connectivity index (χ4v) is 3.02. The first kappa shape index (κ1) is 11.9. The molecule has 2 saturated heterocycles. The van der Waals surface area contributed by atoms with Crippen LogP contribution in [0.25, 0.3) is 0 Å². The minimum Gasteiger partial charge on any atom is -0.508 e. The number of hydrogen-bond acceptors (Lipinski definition) is 3. The zero-order chi connectivity index (χ0) is 12.7. The van der Waals surface area contributed by atoms with Gasteiger partial charge in [0.05, 0.1) is 12.2 Å². The molecule has 3 nitrogen and oxygen atoms in total. The Labute approximate surface area is 106 Å². The van der Waals surface area contributed by atoms with Crippen molar-refractivity contribution in [3.05, 3.63) is 29.6 Å². The molecule has 0 aromatic heterocycles. The van der Waals surface area contributed by atoms with Gasteiger partial charge in [0, 0.05) is 24.7 Å². The summed E-state index contributed by atoms with van der Waals surface area (Å²) in [4.78, 5) is 2.28. The number of fused-ring (bicyclic) bond motifs is 2. The van der Waals surface area contributed by atoms with Crippen molar-refractivity contribution in [3.8, 4) is 5.75 Å². The summed E-state index contributed by atoms with van der Waals surface area (Å²) in [5.74, 6) is -0.131. The zero-order valence-corrected chi connectivity index (χ0v) is 10.5. The molecule has 2 aliphatic rings. The summed E-state index contributed by atoms with van der Waals surface area (Å²) in [6.45, 7) is 3.75. The molecule has 0 aliphatic carbocycles. The Morgan fingerprint density at radius 1 is 1.33 bits per heavy atom. The van der Waals surface area contributed by atoms with E-state index in [0.717, 1.165) is 25.9 Å². The van der Waals surface area contributed by atoms with E-state index < -0.39 is 0 Å². The Kier molecular flexibility index (Phi) is 2.99. The van der Waals surface area contributed by atoms with E-state index in [0.29, 0.717) is 17.8 Å². The summed E-state index contributed by atoms with van der Waals surface area (Å²) in [7, 11) is 0. The number of benzene rings is 1. The van der Waals surface area contributed by atoms with Gasteiger partial charge in [-0.2, -0.15) is 0 Å². The van der Waals surface area contributed by atoms with Crippen molar-refractivity contribution in [3.63, 3.8) is 0 Å². The number of ether oxygens (including phenoxy) is 1. The molecular formula is C14H18FNO2. The fourth-order valence-electron chi connectivity index (χ4n) is 3.02. The van der Waals surface area contributed by atoms with Crippen LogP contribution in [0.5, 0.6) is 5.75 Å². The smallest absolute Gasteiger partial charge is 0.123 e. The Hall–Kier alpha value is -1.13. The molecule has 0 spiro atoms. The molecule has 2 aliphatic heterocycles. The first-order valence-electron chi connectivity index (χ1n) is 6.51. The van der Waals surface area contributed by atoms with Gasteiger partial charge in [0.25, 0.3) is 0 Å². The molecule has 3 unspecified atom stereocenters.